The zero-order valence-electron chi connectivity index (χ0n) is 6.58. The van der Waals surface area contributed by atoms with Crippen molar-refractivity contribution in [2.24, 2.45) is 11.1 Å². The Kier molecular flexibility index (Phi) is 2.48. The molecule has 0 amide bonds. The maximum absolute atomic E-state index is 9.21. The van der Waals surface area contributed by atoms with E-state index in [1.807, 2.05) is 0 Å². The summed E-state index contributed by atoms with van der Waals surface area (Å²) in [5, 5.41) is 18.0. The lowest BCUT2D eigenvalue weighted by atomic mass is 9.67. The Balaban J connectivity index is 2.40. The second-order valence-electron chi connectivity index (χ2n) is 3.34. The van der Waals surface area contributed by atoms with Crippen molar-refractivity contribution in [2.75, 3.05) is 6.54 Å². The van der Waals surface area contributed by atoms with E-state index in [2.05, 4.69) is 6.07 Å². The Morgan fingerprint density at radius 1 is 1.64 bits per heavy atom. The second-order valence-corrected chi connectivity index (χ2v) is 3.34. The van der Waals surface area contributed by atoms with Gasteiger partial charge >= 0.3 is 0 Å². The summed E-state index contributed by atoms with van der Waals surface area (Å²) in [5.41, 5.74) is 5.02. The number of nitrogens with zero attached hydrogens (tertiary/aromatic N) is 1. The highest BCUT2D eigenvalue weighted by Gasteiger charge is 2.38. The molecule has 3 nitrogen and oxygen atoms in total. The van der Waals surface area contributed by atoms with Gasteiger partial charge in [0.1, 0.15) is 0 Å². The fourth-order valence-corrected chi connectivity index (χ4v) is 1.50. The molecule has 1 fully saturated rings. The van der Waals surface area contributed by atoms with Crippen molar-refractivity contribution >= 4 is 0 Å². The summed E-state index contributed by atoms with van der Waals surface area (Å²) in [5.74, 6) is 0. The molecule has 0 spiro atoms. The number of hydrogen-bond donors (Lipinski definition) is 2. The molecule has 1 unspecified atom stereocenters. The van der Waals surface area contributed by atoms with Crippen molar-refractivity contribution < 1.29 is 5.11 Å². The van der Waals surface area contributed by atoms with E-state index in [0.717, 1.165) is 19.3 Å². The monoisotopic (exact) mass is 154 g/mol. The molecule has 1 aliphatic carbocycles. The predicted octanol–water partition coefficient (Wildman–Crippen LogP) is 0.390. The van der Waals surface area contributed by atoms with Crippen LogP contribution in [-0.4, -0.2) is 17.8 Å². The van der Waals surface area contributed by atoms with Gasteiger partial charge in [0, 0.05) is 6.54 Å². The SMILES string of the molecule is N#CC1(CC(O)CN)CCC1. The van der Waals surface area contributed by atoms with Crippen molar-refractivity contribution in [1.82, 2.24) is 0 Å². The van der Waals surface area contributed by atoms with Crippen molar-refractivity contribution in [3.8, 4) is 6.07 Å². The van der Waals surface area contributed by atoms with E-state index < -0.39 is 6.10 Å². The van der Waals surface area contributed by atoms with Crippen LogP contribution in [0.3, 0.4) is 0 Å². The third-order valence-corrected chi connectivity index (χ3v) is 2.45. The van der Waals surface area contributed by atoms with Gasteiger partial charge in [0.25, 0.3) is 0 Å². The van der Waals surface area contributed by atoms with Crippen LogP contribution in [0, 0.1) is 16.7 Å². The van der Waals surface area contributed by atoms with E-state index >= 15 is 0 Å². The maximum Gasteiger partial charge on any atom is 0.0690 e. The summed E-state index contributed by atoms with van der Waals surface area (Å²) >= 11 is 0. The fraction of sp³-hybridized carbons (Fsp3) is 0.875. The van der Waals surface area contributed by atoms with Gasteiger partial charge in [-0.2, -0.15) is 5.26 Å². The van der Waals surface area contributed by atoms with E-state index in [0.29, 0.717) is 6.42 Å². The summed E-state index contributed by atoms with van der Waals surface area (Å²) in [6, 6.07) is 2.26. The number of aliphatic hydroxyl groups excluding tert-OH is 1. The molecule has 0 aliphatic heterocycles. The summed E-state index contributed by atoms with van der Waals surface area (Å²) < 4.78 is 0. The molecule has 0 aromatic rings. The standard InChI is InChI=1S/C8H14N2O/c9-5-7(11)4-8(6-10)2-1-3-8/h7,11H,1-5,9H2. The lowest BCUT2D eigenvalue weighted by molar-refractivity contribution is 0.0859. The number of nitriles is 1. The molecule has 0 saturated heterocycles. The quantitative estimate of drug-likeness (QED) is 0.617. The molecule has 11 heavy (non-hydrogen) atoms. The van der Waals surface area contributed by atoms with E-state index in [1.54, 1.807) is 0 Å². The minimum atomic E-state index is -0.491. The second kappa shape index (κ2) is 3.21. The van der Waals surface area contributed by atoms with Crippen molar-refractivity contribution in [1.29, 1.82) is 5.26 Å². The Morgan fingerprint density at radius 2 is 2.27 bits per heavy atom. The van der Waals surface area contributed by atoms with Crippen LogP contribution < -0.4 is 5.73 Å². The first-order valence-corrected chi connectivity index (χ1v) is 4.02. The number of rotatable bonds is 3. The molecule has 1 aliphatic rings. The van der Waals surface area contributed by atoms with Crippen LogP contribution >= 0.6 is 0 Å². The zero-order valence-corrected chi connectivity index (χ0v) is 6.58. The zero-order chi connectivity index (χ0) is 8.32. The van der Waals surface area contributed by atoms with Gasteiger partial charge in [-0.1, -0.05) is 6.42 Å². The highest BCUT2D eigenvalue weighted by Crippen LogP contribution is 2.43. The lowest BCUT2D eigenvalue weighted by Gasteiger charge is -2.36. The largest absolute Gasteiger partial charge is 0.392 e. The Morgan fingerprint density at radius 3 is 2.55 bits per heavy atom. The smallest absolute Gasteiger partial charge is 0.0690 e. The first-order chi connectivity index (χ1) is 5.22. The minimum absolute atomic E-state index is 0.237. The van der Waals surface area contributed by atoms with Gasteiger partial charge in [-0.05, 0) is 19.3 Å². The highest BCUT2D eigenvalue weighted by molar-refractivity contribution is 5.05. The maximum atomic E-state index is 9.21. The Hall–Kier alpha value is -0.590. The van der Waals surface area contributed by atoms with Gasteiger partial charge in [-0.15, -0.1) is 0 Å². The van der Waals surface area contributed by atoms with Crippen molar-refractivity contribution in [3.05, 3.63) is 0 Å². The highest BCUT2D eigenvalue weighted by atomic mass is 16.3. The van der Waals surface area contributed by atoms with E-state index in [9.17, 15) is 5.11 Å². The molecule has 1 atom stereocenters. The Labute approximate surface area is 66.8 Å². The molecule has 3 heteroatoms. The van der Waals surface area contributed by atoms with E-state index in [4.69, 9.17) is 11.0 Å². The van der Waals surface area contributed by atoms with Crippen molar-refractivity contribution in [3.63, 3.8) is 0 Å². The molecule has 0 heterocycles. The van der Waals surface area contributed by atoms with Crippen LogP contribution in [0.4, 0.5) is 0 Å². The topological polar surface area (TPSA) is 70.0 Å². The molecule has 0 aromatic heterocycles. The molecule has 3 N–H and O–H groups in total. The molecular formula is C8H14N2O. The third-order valence-electron chi connectivity index (χ3n) is 2.45. The van der Waals surface area contributed by atoms with Gasteiger partial charge < -0.3 is 10.8 Å². The molecular weight excluding hydrogens is 140 g/mol. The van der Waals surface area contributed by atoms with Crippen molar-refractivity contribution in [2.45, 2.75) is 31.8 Å². The minimum Gasteiger partial charge on any atom is -0.392 e. The van der Waals surface area contributed by atoms with Crippen LogP contribution in [0.5, 0.6) is 0 Å². The van der Waals surface area contributed by atoms with Gasteiger partial charge in [0.15, 0.2) is 0 Å². The van der Waals surface area contributed by atoms with E-state index in [1.165, 1.54) is 0 Å². The molecule has 0 aromatic carbocycles. The fourth-order valence-electron chi connectivity index (χ4n) is 1.50. The first-order valence-electron chi connectivity index (χ1n) is 4.02. The Bertz CT molecular complexity index is 169. The number of nitrogens with two attached hydrogens (primary N) is 1. The lowest BCUT2D eigenvalue weighted by Crippen LogP contribution is -2.34. The number of aliphatic hydroxyl groups is 1. The van der Waals surface area contributed by atoms with Gasteiger partial charge in [-0.3, -0.25) is 0 Å². The van der Waals surface area contributed by atoms with Crippen LogP contribution in [0.2, 0.25) is 0 Å². The normalized spacial score (nSPS) is 23.4. The average molecular weight is 154 g/mol. The third kappa shape index (κ3) is 1.70. The average Bonchev–Trinajstić information content (AvgIpc) is 1.96. The summed E-state index contributed by atoms with van der Waals surface area (Å²) in [6.07, 6.45) is 3.04. The van der Waals surface area contributed by atoms with E-state index in [-0.39, 0.29) is 12.0 Å². The van der Waals surface area contributed by atoms with Gasteiger partial charge in [0.05, 0.1) is 17.6 Å². The summed E-state index contributed by atoms with van der Waals surface area (Å²) in [6.45, 7) is 0.267. The van der Waals surface area contributed by atoms with Crippen LogP contribution in [0.1, 0.15) is 25.7 Å². The molecule has 1 rings (SSSR count). The number of hydrogen-bond acceptors (Lipinski definition) is 3. The summed E-state index contributed by atoms with van der Waals surface area (Å²) in [7, 11) is 0. The summed E-state index contributed by atoms with van der Waals surface area (Å²) in [4.78, 5) is 0. The van der Waals surface area contributed by atoms with Gasteiger partial charge in [-0.25, -0.2) is 0 Å². The molecule has 1 saturated carbocycles. The van der Waals surface area contributed by atoms with Crippen LogP contribution in [0.15, 0.2) is 0 Å². The van der Waals surface area contributed by atoms with Crippen LogP contribution in [-0.2, 0) is 0 Å². The van der Waals surface area contributed by atoms with Crippen LogP contribution in [0.25, 0.3) is 0 Å². The molecule has 0 radical (unpaired) electrons. The van der Waals surface area contributed by atoms with Gasteiger partial charge in [0.2, 0.25) is 0 Å². The first kappa shape index (κ1) is 8.51. The molecule has 62 valence electrons. The predicted molar refractivity (Wildman–Crippen MR) is 41.6 cm³/mol. The molecule has 0 bridgehead atoms.